The number of aryl methyl sites for hydroxylation is 1. The summed E-state index contributed by atoms with van der Waals surface area (Å²) in [4.78, 5) is 33.3. The highest BCUT2D eigenvalue weighted by Crippen LogP contribution is 2.19. The van der Waals surface area contributed by atoms with Crippen molar-refractivity contribution in [1.29, 1.82) is 0 Å². The molecule has 29 heavy (non-hydrogen) atoms. The molecule has 3 aromatic rings. The van der Waals surface area contributed by atoms with Crippen LogP contribution in [0.3, 0.4) is 0 Å². The lowest BCUT2D eigenvalue weighted by molar-refractivity contribution is 0.0664. The second-order valence-corrected chi connectivity index (χ2v) is 8.03. The third kappa shape index (κ3) is 3.52. The Bertz CT molecular complexity index is 1220. The Kier molecular flexibility index (Phi) is 5.10. The van der Waals surface area contributed by atoms with Gasteiger partial charge in [-0.15, -0.1) is 0 Å². The maximum Gasteiger partial charge on any atom is 0.266 e. The average molecular weight is 409 g/mol. The van der Waals surface area contributed by atoms with Crippen molar-refractivity contribution < 1.29 is 4.79 Å². The number of aromatic amines is 1. The third-order valence-corrected chi connectivity index (χ3v) is 6.04. The molecule has 1 aliphatic rings. The number of H-pyrrole nitrogens is 1. The second kappa shape index (κ2) is 7.57. The smallest absolute Gasteiger partial charge is 0.266 e. The number of aromatic nitrogens is 2. The van der Waals surface area contributed by atoms with Crippen molar-refractivity contribution in [2.45, 2.75) is 13.8 Å². The van der Waals surface area contributed by atoms with Crippen LogP contribution in [-0.4, -0.2) is 58.5 Å². The predicted octanol–water partition coefficient (Wildman–Crippen LogP) is 3.05. The van der Waals surface area contributed by atoms with Crippen LogP contribution in [0.5, 0.6) is 0 Å². The summed E-state index contributed by atoms with van der Waals surface area (Å²) in [6, 6.07) is 11.0. The minimum Gasteiger partial charge on any atom is -0.336 e. The predicted molar refractivity (Wildman–Crippen MR) is 118 cm³/mol. The van der Waals surface area contributed by atoms with E-state index >= 15 is 0 Å². The zero-order chi connectivity index (χ0) is 20.7. The van der Waals surface area contributed by atoms with Crippen molar-refractivity contribution in [2.24, 2.45) is 0 Å². The van der Waals surface area contributed by atoms with Gasteiger partial charge in [-0.2, -0.15) is 0 Å². The number of piperazine rings is 1. The number of nitrogens with zero attached hydrogens (tertiary/aromatic N) is 3. The summed E-state index contributed by atoms with van der Waals surface area (Å²) in [6.07, 6.45) is 0. The number of rotatable bonds is 2. The summed E-state index contributed by atoms with van der Waals surface area (Å²) in [5, 5.41) is 0.509. The number of hydrogen-bond acceptors (Lipinski definition) is 4. The van der Waals surface area contributed by atoms with Gasteiger partial charge < -0.3 is 14.8 Å². The Balaban J connectivity index is 1.78. The topological polar surface area (TPSA) is 61.3 Å². The van der Waals surface area contributed by atoms with E-state index in [0.29, 0.717) is 34.3 Å². The molecule has 1 amide bonds. The maximum atomic E-state index is 13.2. The van der Waals surface area contributed by atoms with Crippen LogP contribution in [0.1, 0.15) is 21.5 Å². The number of fused-ring (bicyclic) bond motifs is 1. The van der Waals surface area contributed by atoms with Crippen LogP contribution in [0.25, 0.3) is 16.6 Å². The molecule has 0 radical (unpaired) electrons. The standard InChI is InChI=1S/C22H24N4O2S/c1-14-5-4-6-19(15(14)2)26-21(28)17-8-7-16(13-18(17)23-22(26)29)20(27)25-11-9-24(3)10-12-25/h4-8,13H,9-12H2,1-3H3,(H,23,29). The van der Waals surface area contributed by atoms with Crippen LogP contribution in [0, 0.1) is 18.6 Å². The van der Waals surface area contributed by atoms with Gasteiger partial charge in [0.25, 0.3) is 11.5 Å². The Hall–Kier alpha value is -2.77. The Morgan fingerprint density at radius 2 is 1.79 bits per heavy atom. The van der Waals surface area contributed by atoms with Gasteiger partial charge in [-0.3, -0.25) is 14.2 Å². The van der Waals surface area contributed by atoms with E-state index in [0.717, 1.165) is 29.9 Å². The van der Waals surface area contributed by atoms with E-state index in [1.165, 1.54) is 4.57 Å². The van der Waals surface area contributed by atoms with Gasteiger partial charge in [0, 0.05) is 31.7 Å². The zero-order valence-corrected chi connectivity index (χ0v) is 17.7. The molecule has 4 rings (SSSR count). The van der Waals surface area contributed by atoms with Crippen molar-refractivity contribution in [3.63, 3.8) is 0 Å². The summed E-state index contributed by atoms with van der Waals surface area (Å²) in [7, 11) is 2.05. The van der Waals surface area contributed by atoms with E-state index in [-0.39, 0.29) is 11.5 Å². The molecule has 1 fully saturated rings. The Labute approximate surface area is 174 Å². The van der Waals surface area contributed by atoms with Gasteiger partial charge in [-0.25, -0.2) is 0 Å². The number of hydrogen-bond donors (Lipinski definition) is 1. The van der Waals surface area contributed by atoms with Gasteiger partial charge in [-0.1, -0.05) is 12.1 Å². The van der Waals surface area contributed by atoms with Crippen molar-refractivity contribution in [1.82, 2.24) is 19.4 Å². The lowest BCUT2D eigenvalue weighted by Gasteiger charge is -2.32. The SMILES string of the molecule is Cc1cccc(-n2c(=S)[nH]c3cc(C(=O)N4CCN(C)CC4)ccc3c2=O)c1C. The average Bonchev–Trinajstić information content (AvgIpc) is 2.70. The number of amides is 1. The third-order valence-electron chi connectivity index (χ3n) is 5.75. The number of benzene rings is 2. The first kappa shape index (κ1) is 19.5. The first-order chi connectivity index (χ1) is 13.9. The van der Waals surface area contributed by atoms with E-state index in [9.17, 15) is 9.59 Å². The summed E-state index contributed by atoms with van der Waals surface area (Å²) >= 11 is 5.51. The van der Waals surface area contributed by atoms with E-state index < -0.39 is 0 Å². The molecule has 2 aromatic carbocycles. The first-order valence-corrected chi connectivity index (χ1v) is 10.1. The second-order valence-electron chi connectivity index (χ2n) is 7.65. The molecule has 1 saturated heterocycles. The van der Waals surface area contributed by atoms with E-state index in [1.54, 1.807) is 18.2 Å². The fourth-order valence-corrected chi connectivity index (χ4v) is 4.03. The molecule has 1 aliphatic heterocycles. The first-order valence-electron chi connectivity index (χ1n) is 9.70. The molecule has 1 aromatic heterocycles. The molecule has 6 nitrogen and oxygen atoms in total. The summed E-state index contributed by atoms with van der Waals surface area (Å²) in [5.74, 6) is -0.0157. The van der Waals surface area contributed by atoms with Gasteiger partial charge in [0.1, 0.15) is 0 Å². The molecule has 7 heteroatoms. The number of carbonyl (C=O) groups excluding carboxylic acids is 1. The van der Waals surface area contributed by atoms with Gasteiger partial charge in [0.15, 0.2) is 4.77 Å². The maximum absolute atomic E-state index is 13.2. The van der Waals surface area contributed by atoms with E-state index in [1.807, 2.05) is 36.9 Å². The molecule has 0 bridgehead atoms. The molecule has 0 atom stereocenters. The Morgan fingerprint density at radius 3 is 2.52 bits per heavy atom. The molecule has 0 unspecified atom stereocenters. The van der Waals surface area contributed by atoms with Crippen LogP contribution < -0.4 is 5.56 Å². The van der Waals surface area contributed by atoms with E-state index in [2.05, 4.69) is 16.9 Å². The van der Waals surface area contributed by atoms with Gasteiger partial charge >= 0.3 is 0 Å². The summed E-state index contributed by atoms with van der Waals surface area (Å²) < 4.78 is 1.85. The Morgan fingerprint density at radius 1 is 1.07 bits per heavy atom. The highest BCUT2D eigenvalue weighted by atomic mass is 32.1. The minimum absolute atomic E-state index is 0.0157. The lowest BCUT2D eigenvalue weighted by atomic mass is 10.1. The minimum atomic E-state index is -0.184. The molecular formula is C22H24N4O2S. The number of nitrogens with one attached hydrogen (secondary N) is 1. The van der Waals surface area contributed by atoms with Gasteiger partial charge in [0.05, 0.1) is 16.6 Å². The fourth-order valence-electron chi connectivity index (χ4n) is 3.74. The molecule has 0 spiro atoms. The monoisotopic (exact) mass is 408 g/mol. The lowest BCUT2D eigenvalue weighted by Crippen LogP contribution is -2.47. The molecular weight excluding hydrogens is 384 g/mol. The van der Waals surface area contributed by atoms with Crippen molar-refractivity contribution in [3.8, 4) is 5.69 Å². The quantitative estimate of drug-likeness (QED) is 0.662. The fraction of sp³-hybridized carbons (Fsp3) is 0.318. The molecule has 0 aliphatic carbocycles. The normalized spacial score (nSPS) is 15.1. The van der Waals surface area contributed by atoms with E-state index in [4.69, 9.17) is 12.2 Å². The van der Waals surface area contributed by atoms with Crippen LogP contribution >= 0.6 is 12.2 Å². The molecule has 1 N–H and O–H groups in total. The van der Waals surface area contributed by atoms with Crippen LogP contribution in [0.2, 0.25) is 0 Å². The van der Waals surface area contributed by atoms with Crippen molar-refractivity contribution >= 4 is 29.0 Å². The highest BCUT2D eigenvalue weighted by molar-refractivity contribution is 7.71. The molecule has 0 saturated carbocycles. The molecule has 2 heterocycles. The van der Waals surface area contributed by atoms with Crippen LogP contribution in [0.4, 0.5) is 0 Å². The van der Waals surface area contributed by atoms with Crippen LogP contribution in [0.15, 0.2) is 41.2 Å². The van der Waals surface area contributed by atoms with Gasteiger partial charge in [-0.05, 0) is 68.5 Å². The van der Waals surface area contributed by atoms with Crippen molar-refractivity contribution in [3.05, 3.63) is 68.2 Å². The molecule has 150 valence electrons. The largest absolute Gasteiger partial charge is 0.336 e. The zero-order valence-electron chi connectivity index (χ0n) is 16.9. The number of carbonyl (C=O) groups is 1. The van der Waals surface area contributed by atoms with Crippen molar-refractivity contribution in [2.75, 3.05) is 33.2 Å². The summed E-state index contributed by atoms with van der Waals surface area (Å²) in [5.41, 5.74) is 3.84. The summed E-state index contributed by atoms with van der Waals surface area (Å²) in [6.45, 7) is 7.13. The van der Waals surface area contributed by atoms with Crippen LogP contribution in [-0.2, 0) is 0 Å². The highest BCUT2D eigenvalue weighted by Gasteiger charge is 2.21. The number of likely N-dealkylation sites (N-methyl/N-ethyl adjacent to an activating group) is 1. The van der Waals surface area contributed by atoms with Gasteiger partial charge in [0.2, 0.25) is 0 Å².